The first kappa shape index (κ1) is 13.5. The summed E-state index contributed by atoms with van der Waals surface area (Å²) < 4.78 is 7.39. The molecule has 0 amide bonds. The Morgan fingerprint density at radius 2 is 1.95 bits per heavy atom. The molecule has 1 heterocycles. The van der Waals surface area contributed by atoms with Crippen LogP contribution in [0.2, 0.25) is 0 Å². The summed E-state index contributed by atoms with van der Waals surface area (Å²) in [4.78, 5) is 4.43. The van der Waals surface area contributed by atoms with Gasteiger partial charge in [-0.25, -0.2) is 4.98 Å². The number of imidazole rings is 1. The van der Waals surface area contributed by atoms with E-state index < -0.39 is 0 Å². The van der Waals surface area contributed by atoms with Gasteiger partial charge in [-0.3, -0.25) is 0 Å². The minimum atomic E-state index is 0.531. The average molecular weight is 281 g/mol. The molecule has 0 saturated heterocycles. The monoisotopic (exact) mass is 281 g/mol. The van der Waals surface area contributed by atoms with E-state index in [4.69, 9.17) is 10.5 Å². The van der Waals surface area contributed by atoms with Crippen molar-refractivity contribution in [2.75, 3.05) is 12.8 Å². The molecule has 4 heteroatoms. The van der Waals surface area contributed by atoms with Gasteiger partial charge in [0.05, 0.1) is 12.6 Å². The number of nitrogens with two attached hydrogens (primary N) is 1. The molecule has 0 radical (unpaired) electrons. The molecular weight excluding hydrogens is 262 g/mol. The molecule has 0 fully saturated rings. The van der Waals surface area contributed by atoms with Crippen LogP contribution in [0.4, 0.5) is 5.95 Å². The van der Waals surface area contributed by atoms with E-state index in [-0.39, 0.29) is 0 Å². The Kier molecular flexibility index (Phi) is 3.52. The summed E-state index contributed by atoms with van der Waals surface area (Å²) in [6, 6.07) is 14.3. The number of ether oxygens (including phenoxy) is 1. The first-order chi connectivity index (χ1) is 10.2. The molecule has 108 valence electrons. The summed E-state index contributed by atoms with van der Waals surface area (Å²) in [7, 11) is 1.65. The quantitative estimate of drug-likeness (QED) is 0.799. The minimum Gasteiger partial charge on any atom is -0.494 e. The maximum Gasteiger partial charge on any atom is 0.201 e. The number of hydrogen-bond acceptors (Lipinski definition) is 3. The molecule has 0 aliphatic carbocycles. The lowest BCUT2D eigenvalue weighted by Gasteiger charge is -2.09. The number of hydrogen-bond donors (Lipinski definition) is 1. The van der Waals surface area contributed by atoms with E-state index in [9.17, 15) is 0 Å². The molecule has 0 unspecified atom stereocenters. The zero-order valence-corrected chi connectivity index (χ0v) is 12.3. The van der Waals surface area contributed by atoms with Gasteiger partial charge in [0.2, 0.25) is 5.95 Å². The molecule has 0 bridgehead atoms. The van der Waals surface area contributed by atoms with E-state index in [0.29, 0.717) is 5.95 Å². The van der Waals surface area contributed by atoms with Crippen LogP contribution < -0.4 is 10.5 Å². The van der Waals surface area contributed by atoms with Crippen molar-refractivity contribution in [1.82, 2.24) is 9.55 Å². The van der Waals surface area contributed by atoms with Gasteiger partial charge in [-0.2, -0.15) is 0 Å². The van der Waals surface area contributed by atoms with E-state index in [0.717, 1.165) is 29.7 Å². The minimum absolute atomic E-state index is 0.531. The van der Waals surface area contributed by atoms with Gasteiger partial charge in [0, 0.05) is 6.54 Å². The summed E-state index contributed by atoms with van der Waals surface area (Å²) >= 11 is 0. The van der Waals surface area contributed by atoms with Crippen LogP contribution >= 0.6 is 0 Å². The topological polar surface area (TPSA) is 53.1 Å². The smallest absolute Gasteiger partial charge is 0.201 e. The van der Waals surface area contributed by atoms with Crippen LogP contribution in [0.25, 0.3) is 11.0 Å². The third-order valence-electron chi connectivity index (χ3n) is 3.86. The Morgan fingerprint density at radius 1 is 1.14 bits per heavy atom. The van der Waals surface area contributed by atoms with Crippen LogP contribution in [0.5, 0.6) is 5.75 Å². The van der Waals surface area contributed by atoms with Crippen molar-refractivity contribution >= 4 is 17.0 Å². The molecule has 2 N–H and O–H groups in total. The standard InChI is InChI=1S/C17H19N3O/c1-12-6-3-4-7-13(12)10-11-20-14-8-5-9-15(21-2)16(14)19-17(20)18/h3-9H,10-11H2,1-2H3,(H2,18,19). The van der Waals surface area contributed by atoms with Crippen molar-refractivity contribution < 1.29 is 4.74 Å². The van der Waals surface area contributed by atoms with Crippen LogP contribution in [0.15, 0.2) is 42.5 Å². The fourth-order valence-electron chi connectivity index (χ4n) is 2.66. The van der Waals surface area contributed by atoms with E-state index in [1.54, 1.807) is 7.11 Å². The van der Waals surface area contributed by atoms with Gasteiger partial charge in [-0.1, -0.05) is 30.3 Å². The predicted molar refractivity (Wildman–Crippen MR) is 85.6 cm³/mol. The Labute approximate surface area is 124 Å². The van der Waals surface area contributed by atoms with Gasteiger partial charge in [0.1, 0.15) is 11.3 Å². The van der Waals surface area contributed by atoms with Gasteiger partial charge in [0.25, 0.3) is 0 Å². The molecule has 0 spiro atoms. The van der Waals surface area contributed by atoms with Crippen LogP contribution in [-0.2, 0) is 13.0 Å². The molecule has 0 saturated carbocycles. The van der Waals surface area contributed by atoms with Crippen LogP contribution in [0.3, 0.4) is 0 Å². The van der Waals surface area contributed by atoms with Crippen molar-refractivity contribution in [2.24, 2.45) is 0 Å². The highest BCUT2D eigenvalue weighted by atomic mass is 16.5. The Hall–Kier alpha value is -2.49. The van der Waals surface area contributed by atoms with Gasteiger partial charge >= 0.3 is 0 Å². The normalized spacial score (nSPS) is 11.0. The third-order valence-corrected chi connectivity index (χ3v) is 3.86. The van der Waals surface area contributed by atoms with Crippen molar-refractivity contribution in [3.8, 4) is 5.75 Å². The molecule has 0 aliphatic heterocycles. The van der Waals surface area contributed by atoms with Crippen molar-refractivity contribution in [2.45, 2.75) is 19.9 Å². The maximum atomic E-state index is 6.08. The fourth-order valence-corrected chi connectivity index (χ4v) is 2.66. The number of benzene rings is 2. The highest BCUT2D eigenvalue weighted by molar-refractivity contribution is 5.84. The Bertz CT molecular complexity index is 777. The highest BCUT2D eigenvalue weighted by Crippen LogP contribution is 2.27. The summed E-state index contributed by atoms with van der Waals surface area (Å²) in [5.41, 5.74) is 10.5. The first-order valence-corrected chi connectivity index (χ1v) is 7.04. The van der Waals surface area contributed by atoms with E-state index in [1.165, 1.54) is 11.1 Å². The third kappa shape index (κ3) is 2.44. The molecule has 3 rings (SSSR count). The maximum absolute atomic E-state index is 6.08. The van der Waals surface area contributed by atoms with E-state index in [1.807, 2.05) is 22.8 Å². The van der Waals surface area contributed by atoms with Crippen LogP contribution in [-0.4, -0.2) is 16.7 Å². The number of nitrogens with zero attached hydrogens (tertiary/aromatic N) is 2. The second-order valence-electron chi connectivity index (χ2n) is 5.13. The highest BCUT2D eigenvalue weighted by Gasteiger charge is 2.12. The zero-order chi connectivity index (χ0) is 14.8. The Morgan fingerprint density at radius 3 is 2.71 bits per heavy atom. The molecule has 1 aromatic heterocycles. The van der Waals surface area contributed by atoms with Crippen molar-refractivity contribution in [3.05, 3.63) is 53.6 Å². The van der Waals surface area contributed by atoms with Crippen LogP contribution in [0, 0.1) is 6.92 Å². The number of para-hydroxylation sites is 1. The van der Waals surface area contributed by atoms with Crippen LogP contribution in [0.1, 0.15) is 11.1 Å². The molecule has 21 heavy (non-hydrogen) atoms. The molecule has 3 aromatic rings. The first-order valence-electron chi connectivity index (χ1n) is 7.04. The molecule has 0 atom stereocenters. The lowest BCUT2D eigenvalue weighted by molar-refractivity contribution is 0.419. The van der Waals surface area contributed by atoms with Crippen molar-refractivity contribution in [1.29, 1.82) is 0 Å². The lowest BCUT2D eigenvalue weighted by atomic mass is 10.1. The molecule has 4 nitrogen and oxygen atoms in total. The summed E-state index contributed by atoms with van der Waals surface area (Å²) in [6.45, 7) is 2.94. The van der Waals surface area contributed by atoms with E-state index >= 15 is 0 Å². The number of fused-ring (bicyclic) bond motifs is 1. The fraction of sp³-hybridized carbons (Fsp3) is 0.235. The summed E-state index contributed by atoms with van der Waals surface area (Å²) in [5.74, 6) is 1.29. The zero-order valence-electron chi connectivity index (χ0n) is 12.3. The number of aromatic nitrogens is 2. The number of aryl methyl sites for hydroxylation is 3. The molecule has 2 aromatic carbocycles. The number of nitrogen functional groups attached to an aromatic ring is 1. The Balaban J connectivity index is 1.94. The summed E-state index contributed by atoms with van der Waals surface area (Å²) in [6.07, 6.45) is 0.930. The van der Waals surface area contributed by atoms with Crippen molar-refractivity contribution in [3.63, 3.8) is 0 Å². The number of rotatable bonds is 4. The number of anilines is 1. The molecule has 0 aliphatic rings. The van der Waals surface area contributed by atoms with Gasteiger partial charge in [0.15, 0.2) is 0 Å². The SMILES string of the molecule is COc1cccc2c1nc(N)n2CCc1ccccc1C. The van der Waals surface area contributed by atoms with E-state index in [2.05, 4.69) is 36.2 Å². The lowest BCUT2D eigenvalue weighted by Crippen LogP contribution is -2.06. The van der Waals surface area contributed by atoms with Gasteiger partial charge in [-0.15, -0.1) is 0 Å². The van der Waals surface area contributed by atoms with Gasteiger partial charge in [-0.05, 0) is 36.6 Å². The summed E-state index contributed by atoms with van der Waals surface area (Å²) in [5, 5.41) is 0. The average Bonchev–Trinajstić information content (AvgIpc) is 2.82. The predicted octanol–water partition coefficient (Wildman–Crippen LogP) is 3.18. The molecular formula is C17H19N3O. The second-order valence-corrected chi connectivity index (χ2v) is 5.13. The second kappa shape index (κ2) is 5.48. The number of methoxy groups -OCH3 is 1. The van der Waals surface area contributed by atoms with Gasteiger partial charge < -0.3 is 15.0 Å². The largest absolute Gasteiger partial charge is 0.494 e.